The molecule has 2 atom stereocenters. The molecule has 6 nitrogen and oxygen atoms in total. The Kier molecular flexibility index (Phi) is 7.11. The summed E-state index contributed by atoms with van der Waals surface area (Å²) in [6.45, 7) is 0.0665. The third kappa shape index (κ3) is 5.61. The maximum atomic E-state index is 13.5. The lowest BCUT2D eigenvalue weighted by Gasteiger charge is -2.29. The fourth-order valence-electron chi connectivity index (χ4n) is 4.27. The standard InChI is InChI=1S/C26H28N2O4S/c1-32-24-14-12-21(13-15-24)26(20-8-4-2-5-9-20)27-18-25(29)28(22-10-6-3-7-11-22)23-16-17-33(30,31)19-23/h2-15,23,26-27H,16-19H2,1H3. The zero-order valence-electron chi connectivity index (χ0n) is 18.6. The molecule has 33 heavy (non-hydrogen) atoms. The summed E-state index contributed by atoms with van der Waals surface area (Å²) in [5.74, 6) is 0.714. The molecule has 0 aliphatic carbocycles. The molecule has 4 rings (SSSR count). The van der Waals surface area contributed by atoms with Crippen LogP contribution in [0.1, 0.15) is 23.6 Å². The highest BCUT2D eigenvalue weighted by Gasteiger charge is 2.35. The van der Waals surface area contributed by atoms with Crippen LogP contribution in [-0.2, 0) is 14.6 Å². The van der Waals surface area contributed by atoms with E-state index >= 15 is 0 Å². The van der Waals surface area contributed by atoms with Crippen molar-refractivity contribution in [2.75, 3.05) is 30.1 Å². The molecule has 2 unspecified atom stereocenters. The summed E-state index contributed by atoms with van der Waals surface area (Å²) in [4.78, 5) is 15.1. The van der Waals surface area contributed by atoms with Crippen LogP contribution in [0.3, 0.4) is 0 Å². The van der Waals surface area contributed by atoms with Gasteiger partial charge in [0.05, 0.1) is 37.2 Å². The molecule has 1 N–H and O–H groups in total. The van der Waals surface area contributed by atoms with E-state index in [0.717, 1.165) is 16.9 Å². The second-order valence-corrected chi connectivity index (χ2v) is 10.4. The van der Waals surface area contributed by atoms with Crippen molar-refractivity contribution in [2.45, 2.75) is 18.5 Å². The maximum absolute atomic E-state index is 13.5. The van der Waals surface area contributed by atoms with Gasteiger partial charge in [0, 0.05) is 5.69 Å². The van der Waals surface area contributed by atoms with Crippen LogP contribution >= 0.6 is 0 Å². The third-order valence-corrected chi connectivity index (χ3v) is 7.67. The van der Waals surface area contributed by atoms with E-state index in [4.69, 9.17) is 4.74 Å². The van der Waals surface area contributed by atoms with E-state index in [1.807, 2.05) is 84.9 Å². The highest BCUT2D eigenvalue weighted by molar-refractivity contribution is 7.91. The number of ether oxygens (including phenoxy) is 1. The second kappa shape index (κ2) is 10.2. The van der Waals surface area contributed by atoms with Gasteiger partial charge in [-0.2, -0.15) is 0 Å². The van der Waals surface area contributed by atoms with Crippen LogP contribution in [0.15, 0.2) is 84.9 Å². The molecule has 3 aromatic carbocycles. The number of nitrogens with one attached hydrogen (secondary N) is 1. The molecule has 1 fully saturated rings. The Balaban J connectivity index is 1.58. The number of sulfone groups is 1. The number of para-hydroxylation sites is 1. The highest BCUT2D eigenvalue weighted by Crippen LogP contribution is 2.26. The van der Waals surface area contributed by atoms with Gasteiger partial charge in [0.15, 0.2) is 9.84 Å². The van der Waals surface area contributed by atoms with Crippen LogP contribution in [0, 0.1) is 0 Å². The van der Waals surface area contributed by atoms with Crippen LogP contribution in [-0.4, -0.2) is 45.5 Å². The summed E-state index contributed by atoms with van der Waals surface area (Å²) >= 11 is 0. The summed E-state index contributed by atoms with van der Waals surface area (Å²) in [7, 11) is -1.51. The Bertz CT molecular complexity index is 1170. The Hall–Kier alpha value is -3.16. The summed E-state index contributed by atoms with van der Waals surface area (Å²) < 4.78 is 29.5. The van der Waals surface area contributed by atoms with E-state index in [-0.39, 0.29) is 36.0 Å². The van der Waals surface area contributed by atoms with Crippen LogP contribution in [0.25, 0.3) is 0 Å². The first-order chi connectivity index (χ1) is 16.0. The van der Waals surface area contributed by atoms with E-state index in [1.165, 1.54) is 0 Å². The fraction of sp³-hybridized carbons (Fsp3) is 0.269. The molecular weight excluding hydrogens is 436 g/mol. The van der Waals surface area contributed by atoms with Gasteiger partial charge in [-0.15, -0.1) is 0 Å². The van der Waals surface area contributed by atoms with Crippen molar-refractivity contribution in [3.63, 3.8) is 0 Å². The lowest BCUT2D eigenvalue weighted by atomic mass is 9.98. The van der Waals surface area contributed by atoms with Gasteiger partial charge in [-0.1, -0.05) is 60.7 Å². The predicted octanol–water partition coefficient (Wildman–Crippen LogP) is 3.59. The van der Waals surface area contributed by atoms with E-state index in [2.05, 4.69) is 5.32 Å². The number of nitrogens with zero attached hydrogens (tertiary/aromatic N) is 1. The highest BCUT2D eigenvalue weighted by atomic mass is 32.2. The molecule has 1 amide bonds. The molecule has 0 bridgehead atoms. The monoisotopic (exact) mass is 464 g/mol. The van der Waals surface area contributed by atoms with Gasteiger partial charge in [0.25, 0.3) is 0 Å². The van der Waals surface area contributed by atoms with Gasteiger partial charge in [0.1, 0.15) is 5.75 Å². The van der Waals surface area contributed by atoms with E-state index < -0.39 is 9.84 Å². The molecular formula is C26H28N2O4S. The van der Waals surface area contributed by atoms with Gasteiger partial charge in [-0.05, 0) is 41.8 Å². The normalized spacial score (nSPS) is 17.9. The lowest BCUT2D eigenvalue weighted by Crippen LogP contribution is -2.46. The number of amides is 1. The molecule has 0 spiro atoms. The SMILES string of the molecule is COc1ccc(C(NCC(=O)N(c2ccccc2)C2CCS(=O)(=O)C2)c2ccccc2)cc1. The minimum absolute atomic E-state index is 0.00573. The Morgan fingerprint density at radius 2 is 1.58 bits per heavy atom. The number of methoxy groups -OCH3 is 1. The number of carbonyl (C=O) groups is 1. The van der Waals surface area contributed by atoms with Crippen molar-refractivity contribution < 1.29 is 17.9 Å². The number of benzene rings is 3. The quantitative estimate of drug-likeness (QED) is 0.551. The number of hydrogen-bond acceptors (Lipinski definition) is 5. The third-order valence-electron chi connectivity index (χ3n) is 5.92. The van der Waals surface area contributed by atoms with Gasteiger partial charge < -0.3 is 9.64 Å². The van der Waals surface area contributed by atoms with Crippen LogP contribution in [0.2, 0.25) is 0 Å². The molecule has 0 saturated carbocycles. The average molecular weight is 465 g/mol. The molecule has 0 aromatic heterocycles. The predicted molar refractivity (Wildman–Crippen MR) is 130 cm³/mol. The Labute approximate surface area is 195 Å². The van der Waals surface area contributed by atoms with Crippen LogP contribution in [0.5, 0.6) is 5.75 Å². The molecule has 7 heteroatoms. The summed E-state index contributed by atoms with van der Waals surface area (Å²) in [6, 6.07) is 26.4. The number of hydrogen-bond donors (Lipinski definition) is 1. The van der Waals surface area contributed by atoms with Crippen molar-refractivity contribution in [3.05, 3.63) is 96.1 Å². The lowest BCUT2D eigenvalue weighted by molar-refractivity contribution is -0.118. The minimum Gasteiger partial charge on any atom is -0.497 e. The minimum atomic E-state index is -3.13. The van der Waals surface area contributed by atoms with Gasteiger partial charge in [-0.3, -0.25) is 10.1 Å². The molecule has 1 aliphatic rings. The van der Waals surface area contributed by atoms with Crippen LogP contribution < -0.4 is 15.0 Å². The van der Waals surface area contributed by atoms with Crippen molar-refractivity contribution in [3.8, 4) is 5.75 Å². The largest absolute Gasteiger partial charge is 0.497 e. The van der Waals surface area contributed by atoms with E-state index in [1.54, 1.807) is 12.0 Å². The van der Waals surface area contributed by atoms with Crippen molar-refractivity contribution >= 4 is 21.4 Å². The average Bonchev–Trinajstić information content (AvgIpc) is 3.20. The zero-order valence-corrected chi connectivity index (χ0v) is 19.4. The summed E-state index contributed by atoms with van der Waals surface area (Å²) in [5, 5.41) is 3.40. The number of carbonyl (C=O) groups excluding carboxylic acids is 1. The van der Waals surface area contributed by atoms with Gasteiger partial charge >= 0.3 is 0 Å². The molecule has 1 heterocycles. The zero-order chi connectivity index (χ0) is 23.3. The molecule has 1 saturated heterocycles. The first kappa shape index (κ1) is 23.0. The number of anilines is 1. The number of rotatable bonds is 8. The summed E-state index contributed by atoms with van der Waals surface area (Å²) in [5.41, 5.74) is 2.75. The molecule has 0 radical (unpaired) electrons. The van der Waals surface area contributed by atoms with Crippen molar-refractivity contribution in [2.24, 2.45) is 0 Å². The van der Waals surface area contributed by atoms with Gasteiger partial charge in [-0.25, -0.2) is 8.42 Å². The molecule has 3 aromatic rings. The first-order valence-electron chi connectivity index (χ1n) is 11.0. The van der Waals surface area contributed by atoms with E-state index in [0.29, 0.717) is 12.1 Å². The van der Waals surface area contributed by atoms with Crippen molar-refractivity contribution in [1.82, 2.24) is 5.32 Å². The second-order valence-electron chi connectivity index (χ2n) is 8.15. The van der Waals surface area contributed by atoms with Gasteiger partial charge in [0.2, 0.25) is 5.91 Å². The Morgan fingerprint density at radius 1 is 0.970 bits per heavy atom. The molecule has 172 valence electrons. The summed E-state index contributed by atoms with van der Waals surface area (Å²) in [6.07, 6.45) is 0.448. The molecule has 1 aliphatic heterocycles. The van der Waals surface area contributed by atoms with Crippen molar-refractivity contribution in [1.29, 1.82) is 0 Å². The fourth-order valence-corrected chi connectivity index (χ4v) is 5.97. The van der Waals surface area contributed by atoms with E-state index in [9.17, 15) is 13.2 Å². The maximum Gasteiger partial charge on any atom is 0.241 e. The smallest absolute Gasteiger partial charge is 0.241 e. The Morgan fingerprint density at radius 3 is 2.15 bits per heavy atom. The first-order valence-corrected chi connectivity index (χ1v) is 12.8. The van der Waals surface area contributed by atoms with Crippen LogP contribution in [0.4, 0.5) is 5.69 Å². The topological polar surface area (TPSA) is 75.7 Å².